The lowest BCUT2D eigenvalue weighted by Gasteiger charge is -2.39. The summed E-state index contributed by atoms with van der Waals surface area (Å²) in [6.45, 7) is 3.81. The van der Waals surface area contributed by atoms with Gasteiger partial charge in [-0.1, -0.05) is 0 Å². The normalized spacial score (nSPS) is 27.6. The average molecular weight is 335 g/mol. The number of hydrogen-bond acceptors (Lipinski definition) is 6. The first-order valence-corrected chi connectivity index (χ1v) is 7.31. The van der Waals surface area contributed by atoms with Crippen molar-refractivity contribution in [3.05, 3.63) is 0 Å². The van der Waals surface area contributed by atoms with E-state index in [0.717, 1.165) is 0 Å². The molecule has 2 rings (SSSR count). The van der Waals surface area contributed by atoms with Crippen molar-refractivity contribution in [2.45, 2.75) is 56.7 Å². The van der Waals surface area contributed by atoms with E-state index in [0.29, 0.717) is 25.8 Å². The van der Waals surface area contributed by atoms with Crippen LogP contribution in [0.1, 0.15) is 39.5 Å². The fourth-order valence-corrected chi connectivity index (χ4v) is 3.33. The molecular formula is C14H23ClN2O5. The molecule has 22 heavy (non-hydrogen) atoms. The van der Waals surface area contributed by atoms with Crippen molar-refractivity contribution in [3.63, 3.8) is 0 Å². The summed E-state index contributed by atoms with van der Waals surface area (Å²) in [4.78, 5) is 38.1. The van der Waals surface area contributed by atoms with E-state index in [1.807, 2.05) is 0 Å². The van der Waals surface area contributed by atoms with Gasteiger partial charge in [-0.15, -0.1) is 12.4 Å². The second-order valence-corrected chi connectivity index (χ2v) is 5.83. The van der Waals surface area contributed by atoms with Gasteiger partial charge in [0.05, 0.1) is 12.6 Å². The minimum Gasteiger partial charge on any atom is -0.480 e. The highest BCUT2D eigenvalue weighted by atomic mass is 35.5. The van der Waals surface area contributed by atoms with E-state index in [1.54, 1.807) is 6.92 Å². The van der Waals surface area contributed by atoms with E-state index in [1.165, 1.54) is 11.8 Å². The van der Waals surface area contributed by atoms with Crippen molar-refractivity contribution in [3.8, 4) is 0 Å². The Kier molecular flexibility index (Phi) is 5.59. The van der Waals surface area contributed by atoms with Crippen molar-refractivity contribution in [2.24, 2.45) is 5.73 Å². The molecule has 2 unspecified atom stereocenters. The largest absolute Gasteiger partial charge is 0.480 e. The molecule has 0 aromatic rings. The molecule has 1 saturated heterocycles. The summed E-state index contributed by atoms with van der Waals surface area (Å²) >= 11 is 0. The Morgan fingerprint density at radius 2 is 1.91 bits per heavy atom. The standard InChI is InChI=1S/C14H22N2O5.ClH/c1-3-21-12(20)13(6-7-13)16-8-4-5-14(16,11(18)19)10(17)9(2)15;/h9H,3-8,15H2,1-2H3,(H,18,19);1H. The first kappa shape index (κ1) is 18.9. The minimum absolute atomic E-state index is 0. The van der Waals surface area contributed by atoms with E-state index < -0.39 is 34.8 Å². The van der Waals surface area contributed by atoms with Crippen LogP contribution in [0, 0.1) is 0 Å². The second kappa shape index (κ2) is 6.52. The Morgan fingerprint density at radius 1 is 1.32 bits per heavy atom. The molecule has 1 aliphatic heterocycles. The molecule has 3 N–H and O–H groups in total. The maximum absolute atomic E-state index is 12.5. The number of aliphatic carboxylic acids is 1. The smallest absolute Gasteiger partial charge is 0.332 e. The van der Waals surface area contributed by atoms with Crippen molar-refractivity contribution in [1.82, 2.24) is 4.90 Å². The number of carboxylic acid groups (broad SMARTS) is 1. The van der Waals surface area contributed by atoms with E-state index >= 15 is 0 Å². The number of hydrogen-bond donors (Lipinski definition) is 2. The molecule has 1 saturated carbocycles. The number of halogens is 1. The lowest BCUT2D eigenvalue weighted by atomic mass is 9.86. The van der Waals surface area contributed by atoms with Crippen molar-refractivity contribution < 1.29 is 24.2 Å². The fourth-order valence-electron chi connectivity index (χ4n) is 3.33. The average Bonchev–Trinajstić information content (AvgIpc) is 3.10. The number of likely N-dealkylation sites (tertiary alicyclic amines) is 1. The van der Waals surface area contributed by atoms with E-state index in [9.17, 15) is 19.5 Å². The highest BCUT2D eigenvalue weighted by molar-refractivity contribution is 6.11. The molecule has 0 amide bonds. The predicted molar refractivity (Wildman–Crippen MR) is 80.8 cm³/mol. The van der Waals surface area contributed by atoms with Crippen molar-refractivity contribution in [1.29, 1.82) is 0 Å². The Hall–Kier alpha value is -1.18. The summed E-state index contributed by atoms with van der Waals surface area (Å²) in [7, 11) is 0. The monoisotopic (exact) mass is 334 g/mol. The number of Topliss-reactive ketones (excluding diaryl/α,β-unsaturated/α-hetero) is 1. The Labute approximate surface area is 135 Å². The summed E-state index contributed by atoms with van der Waals surface area (Å²) in [5.41, 5.74) is 2.98. The molecule has 1 aliphatic carbocycles. The van der Waals surface area contributed by atoms with E-state index in [4.69, 9.17) is 10.5 Å². The van der Waals surface area contributed by atoms with Crippen LogP contribution < -0.4 is 5.73 Å². The zero-order valence-electron chi connectivity index (χ0n) is 12.8. The molecule has 7 nitrogen and oxygen atoms in total. The number of rotatable bonds is 6. The molecule has 0 spiro atoms. The highest BCUT2D eigenvalue weighted by Gasteiger charge is 2.67. The number of carbonyl (C=O) groups is 3. The van der Waals surface area contributed by atoms with Gasteiger partial charge in [-0.05, 0) is 39.5 Å². The zero-order chi connectivity index (χ0) is 15.8. The van der Waals surface area contributed by atoms with E-state index in [-0.39, 0.29) is 25.4 Å². The third kappa shape index (κ3) is 2.61. The van der Waals surface area contributed by atoms with Crippen LogP contribution in [-0.2, 0) is 19.1 Å². The maximum atomic E-state index is 12.5. The lowest BCUT2D eigenvalue weighted by Crippen LogP contribution is -2.65. The summed E-state index contributed by atoms with van der Waals surface area (Å²) < 4.78 is 5.08. The van der Waals surface area contributed by atoms with Gasteiger partial charge in [0.1, 0.15) is 5.54 Å². The quantitative estimate of drug-likeness (QED) is 0.532. The third-order valence-electron chi connectivity index (χ3n) is 4.45. The number of ether oxygens (including phenoxy) is 1. The fraction of sp³-hybridized carbons (Fsp3) is 0.786. The molecule has 0 bridgehead atoms. The topological polar surface area (TPSA) is 110 Å². The Balaban J connectivity index is 0.00000242. The van der Waals surface area contributed by atoms with Crippen LogP contribution in [0.2, 0.25) is 0 Å². The van der Waals surface area contributed by atoms with E-state index in [2.05, 4.69) is 0 Å². The van der Waals surface area contributed by atoms with Crippen LogP contribution in [0.4, 0.5) is 0 Å². The molecule has 1 heterocycles. The van der Waals surface area contributed by atoms with Crippen molar-refractivity contribution >= 4 is 30.1 Å². The van der Waals surface area contributed by atoms with Gasteiger partial charge in [0.15, 0.2) is 11.3 Å². The molecule has 2 atom stereocenters. The summed E-state index contributed by atoms with van der Waals surface area (Å²) in [5, 5.41) is 9.69. The van der Waals surface area contributed by atoms with Crippen LogP contribution in [0.25, 0.3) is 0 Å². The molecule has 0 aromatic heterocycles. The Morgan fingerprint density at radius 3 is 2.32 bits per heavy atom. The number of carboxylic acids is 1. The van der Waals surface area contributed by atoms with Crippen LogP contribution >= 0.6 is 12.4 Å². The van der Waals surface area contributed by atoms with Crippen LogP contribution in [0.5, 0.6) is 0 Å². The van der Waals surface area contributed by atoms with Crippen LogP contribution in [0.3, 0.4) is 0 Å². The predicted octanol–water partition coefficient (Wildman–Crippen LogP) is 0.339. The maximum Gasteiger partial charge on any atom is 0.332 e. The first-order chi connectivity index (χ1) is 9.83. The first-order valence-electron chi connectivity index (χ1n) is 7.31. The molecule has 8 heteroatoms. The van der Waals surface area contributed by atoms with Gasteiger partial charge in [0.25, 0.3) is 0 Å². The number of esters is 1. The van der Waals surface area contributed by atoms with Gasteiger partial charge < -0.3 is 15.6 Å². The molecule has 0 aromatic carbocycles. The van der Waals surface area contributed by atoms with Gasteiger partial charge in [0.2, 0.25) is 0 Å². The summed E-state index contributed by atoms with van der Waals surface area (Å²) in [6, 6.07) is -0.889. The van der Waals surface area contributed by atoms with Gasteiger partial charge in [-0.25, -0.2) is 4.79 Å². The number of nitrogens with two attached hydrogens (primary N) is 1. The number of carbonyl (C=O) groups excluding carboxylic acids is 2. The number of ketones is 1. The highest BCUT2D eigenvalue weighted by Crippen LogP contribution is 2.50. The van der Waals surface area contributed by atoms with Gasteiger partial charge >= 0.3 is 11.9 Å². The summed E-state index contributed by atoms with van der Waals surface area (Å²) in [5.74, 6) is -2.20. The van der Waals surface area contributed by atoms with Crippen LogP contribution in [0.15, 0.2) is 0 Å². The third-order valence-corrected chi connectivity index (χ3v) is 4.45. The molecular weight excluding hydrogens is 312 g/mol. The van der Waals surface area contributed by atoms with Gasteiger partial charge in [-0.3, -0.25) is 14.5 Å². The summed E-state index contributed by atoms with van der Waals surface area (Å²) in [6.07, 6.45) is 1.77. The zero-order valence-corrected chi connectivity index (χ0v) is 13.6. The van der Waals surface area contributed by atoms with Crippen molar-refractivity contribution in [2.75, 3.05) is 13.2 Å². The minimum atomic E-state index is -1.70. The van der Waals surface area contributed by atoms with Gasteiger partial charge in [0, 0.05) is 6.54 Å². The second-order valence-electron chi connectivity index (χ2n) is 5.83. The SMILES string of the molecule is CCOC(=O)C1(N2CCCC2(C(=O)O)C(=O)C(C)N)CC1.Cl. The number of nitrogens with zero attached hydrogens (tertiary/aromatic N) is 1. The van der Waals surface area contributed by atoms with Gasteiger partial charge in [-0.2, -0.15) is 0 Å². The molecule has 2 aliphatic rings. The Bertz CT molecular complexity index is 478. The van der Waals surface area contributed by atoms with Crippen LogP contribution in [-0.4, -0.2) is 58.0 Å². The molecule has 0 radical (unpaired) electrons. The molecule has 126 valence electrons. The molecule has 2 fully saturated rings. The lowest BCUT2D eigenvalue weighted by molar-refractivity contribution is -0.165.